The zero-order valence-corrected chi connectivity index (χ0v) is 8.84. The molecule has 0 unspecified atom stereocenters. The van der Waals surface area contributed by atoms with Gasteiger partial charge in [-0.15, -0.1) is 0 Å². The smallest absolute Gasteiger partial charge is 0.208 e. The fourth-order valence-electron chi connectivity index (χ4n) is 1.19. The normalized spacial score (nSPS) is 10.4. The molecule has 15 heavy (non-hydrogen) atoms. The molecule has 0 saturated heterocycles. The van der Waals surface area contributed by atoms with Crippen LogP contribution in [0.2, 0.25) is 5.02 Å². The average Bonchev–Trinajstić information content (AvgIpc) is 2.22. The third kappa shape index (κ3) is 2.50. The summed E-state index contributed by atoms with van der Waals surface area (Å²) >= 11 is 5.74. The van der Waals surface area contributed by atoms with Gasteiger partial charge in [0.1, 0.15) is 0 Å². The van der Waals surface area contributed by atoms with E-state index >= 15 is 0 Å². The third-order valence-electron chi connectivity index (χ3n) is 1.92. The Bertz CT molecular complexity index is 360. The number of hydrogen-bond acceptors (Lipinski definition) is 4. The summed E-state index contributed by atoms with van der Waals surface area (Å²) in [5.41, 5.74) is 0.323. The van der Waals surface area contributed by atoms with E-state index in [1.807, 2.05) is 0 Å². The summed E-state index contributed by atoms with van der Waals surface area (Å²) in [6.07, 6.45) is 0.267. The number of rotatable bonds is 4. The highest BCUT2D eigenvalue weighted by molar-refractivity contribution is 6.32. The summed E-state index contributed by atoms with van der Waals surface area (Å²) in [6, 6.07) is 1.41. The number of methoxy groups -OCH3 is 1. The van der Waals surface area contributed by atoms with Crippen LogP contribution in [0.4, 0.5) is 4.39 Å². The van der Waals surface area contributed by atoms with Gasteiger partial charge in [0.2, 0.25) is 5.82 Å². The summed E-state index contributed by atoms with van der Waals surface area (Å²) in [6.45, 7) is 0.162. The molecule has 0 aliphatic heterocycles. The van der Waals surface area contributed by atoms with E-state index in [2.05, 4.69) is 4.84 Å². The van der Waals surface area contributed by atoms with Crippen LogP contribution in [0.1, 0.15) is 5.56 Å². The maximum absolute atomic E-state index is 13.4. The quantitative estimate of drug-likeness (QED) is 0.779. The zero-order valence-electron chi connectivity index (χ0n) is 8.09. The molecule has 0 saturated carbocycles. The van der Waals surface area contributed by atoms with Crippen molar-refractivity contribution < 1.29 is 19.1 Å². The molecule has 0 fully saturated rings. The predicted molar refractivity (Wildman–Crippen MR) is 53.5 cm³/mol. The molecule has 0 aliphatic rings. The van der Waals surface area contributed by atoms with Crippen LogP contribution in [-0.4, -0.2) is 18.8 Å². The molecule has 0 aromatic heterocycles. The molecule has 0 amide bonds. The van der Waals surface area contributed by atoms with Gasteiger partial charge in [-0.1, -0.05) is 11.6 Å². The van der Waals surface area contributed by atoms with E-state index < -0.39 is 11.6 Å². The first-order chi connectivity index (χ1) is 7.11. The van der Waals surface area contributed by atoms with E-state index in [1.165, 1.54) is 13.2 Å². The Morgan fingerprint density at radius 1 is 1.60 bits per heavy atom. The lowest BCUT2D eigenvalue weighted by atomic mass is 10.1. The molecule has 84 valence electrons. The van der Waals surface area contributed by atoms with Crippen LogP contribution in [0.3, 0.4) is 0 Å². The molecule has 0 heterocycles. The molecule has 1 aromatic rings. The van der Waals surface area contributed by atoms with Crippen molar-refractivity contribution in [2.75, 3.05) is 13.7 Å². The van der Waals surface area contributed by atoms with E-state index in [4.69, 9.17) is 22.2 Å². The van der Waals surface area contributed by atoms with Crippen molar-refractivity contribution in [3.63, 3.8) is 0 Å². The topological polar surface area (TPSA) is 64.7 Å². The second-order valence-corrected chi connectivity index (χ2v) is 3.24. The Labute approximate surface area is 91.3 Å². The average molecular weight is 236 g/mol. The molecule has 1 rings (SSSR count). The predicted octanol–water partition coefficient (Wildman–Crippen LogP) is 1.63. The van der Waals surface area contributed by atoms with Crippen LogP contribution in [0, 0.1) is 5.82 Å². The van der Waals surface area contributed by atoms with Gasteiger partial charge in [-0.05, 0) is 6.07 Å². The van der Waals surface area contributed by atoms with Gasteiger partial charge in [-0.3, -0.25) is 0 Å². The first-order valence-electron chi connectivity index (χ1n) is 4.17. The number of hydrogen-bond donors (Lipinski definition) is 2. The van der Waals surface area contributed by atoms with Crippen molar-refractivity contribution >= 4 is 11.6 Å². The minimum Gasteiger partial charge on any atom is -0.505 e. The molecule has 1 aromatic carbocycles. The summed E-state index contributed by atoms with van der Waals surface area (Å²) in [5.74, 6) is 3.28. The van der Waals surface area contributed by atoms with E-state index in [1.54, 1.807) is 0 Å². The molecular weight excluding hydrogens is 225 g/mol. The van der Waals surface area contributed by atoms with Crippen molar-refractivity contribution in [3.8, 4) is 11.5 Å². The van der Waals surface area contributed by atoms with Crippen LogP contribution < -0.4 is 10.6 Å². The number of ether oxygens (including phenoxy) is 1. The van der Waals surface area contributed by atoms with E-state index in [0.717, 1.165) is 0 Å². The number of benzene rings is 1. The lowest BCUT2D eigenvalue weighted by Crippen LogP contribution is -2.04. The van der Waals surface area contributed by atoms with Crippen LogP contribution >= 0.6 is 11.6 Å². The lowest BCUT2D eigenvalue weighted by Gasteiger charge is -2.10. The Kier molecular flexibility index (Phi) is 4.14. The van der Waals surface area contributed by atoms with Crippen molar-refractivity contribution in [3.05, 3.63) is 22.5 Å². The van der Waals surface area contributed by atoms with Crippen molar-refractivity contribution in [1.29, 1.82) is 0 Å². The van der Waals surface area contributed by atoms with Gasteiger partial charge < -0.3 is 14.7 Å². The summed E-state index contributed by atoms with van der Waals surface area (Å²) < 4.78 is 18.1. The SMILES string of the molecule is COc1c(Cl)cc(CCON)c(O)c1F. The number of phenolic OH excluding ortho intramolecular Hbond substituents is 1. The maximum Gasteiger partial charge on any atom is 0.208 e. The Hall–Kier alpha value is -1.04. The summed E-state index contributed by atoms with van der Waals surface area (Å²) in [5, 5.41) is 9.55. The van der Waals surface area contributed by atoms with Crippen LogP contribution in [-0.2, 0) is 11.3 Å². The van der Waals surface area contributed by atoms with E-state index in [9.17, 15) is 9.50 Å². The van der Waals surface area contributed by atoms with Gasteiger partial charge in [0.25, 0.3) is 0 Å². The summed E-state index contributed by atoms with van der Waals surface area (Å²) in [7, 11) is 1.27. The molecular formula is C9H11ClFNO3. The minimum atomic E-state index is -0.878. The van der Waals surface area contributed by atoms with Gasteiger partial charge in [0, 0.05) is 12.0 Å². The fraction of sp³-hybridized carbons (Fsp3) is 0.333. The number of halogens is 2. The Balaban J connectivity index is 3.10. The first kappa shape index (κ1) is 12.0. The highest BCUT2D eigenvalue weighted by Crippen LogP contribution is 2.36. The standard InChI is InChI=1S/C9H11ClFNO3/c1-14-9-6(10)4-5(2-3-15-12)8(13)7(9)11/h4,13H,2-3,12H2,1H3. The Morgan fingerprint density at radius 3 is 2.80 bits per heavy atom. The fourth-order valence-corrected chi connectivity index (χ4v) is 1.48. The van der Waals surface area contributed by atoms with Gasteiger partial charge >= 0.3 is 0 Å². The molecule has 6 heteroatoms. The van der Waals surface area contributed by atoms with Crippen molar-refractivity contribution in [2.24, 2.45) is 5.90 Å². The number of phenols is 1. The van der Waals surface area contributed by atoms with Crippen LogP contribution in [0.5, 0.6) is 11.5 Å². The van der Waals surface area contributed by atoms with Crippen molar-refractivity contribution in [1.82, 2.24) is 0 Å². The third-order valence-corrected chi connectivity index (χ3v) is 2.20. The van der Waals surface area contributed by atoms with Gasteiger partial charge in [-0.2, -0.15) is 4.39 Å². The number of nitrogens with two attached hydrogens (primary N) is 1. The van der Waals surface area contributed by atoms with E-state index in [0.29, 0.717) is 5.56 Å². The molecule has 0 aliphatic carbocycles. The minimum absolute atomic E-state index is 0.0971. The maximum atomic E-state index is 13.4. The van der Waals surface area contributed by atoms with E-state index in [-0.39, 0.29) is 23.8 Å². The molecule has 0 spiro atoms. The lowest BCUT2D eigenvalue weighted by molar-refractivity contribution is 0.140. The molecule has 0 atom stereocenters. The summed E-state index contributed by atoms with van der Waals surface area (Å²) in [4.78, 5) is 4.33. The molecule has 0 radical (unpaired) electrons. The van der Waals surface area contributed by atoms with Crippen LogP contribution in [0.25, 0.3) is 0 Å². The highest BCUT2D eigenvalue weighted by atomic mass is 35.5. The molecule has 0 bridgehead atoms. The largest absolute Gasteiger partial charge is 0.505 e. The van der Waals surface area contributed by atoms with Crippen molar-refractivity contribution in [2.45, 2.75) is 6.42 Å². The first-order valence-corrected chi connectivity index (χ1v) is 4.55. The van der Waals surface area contributed by atoms with Gasteiger partial charge in [-0.25, -0.2) is 5.90 Å². The molecule has 4 nitrogen and oxygen atoms in total. The Morgan fingerprint density at radius 2 is 2.27 bits per heavy atom. The van der Waals surface area contributed by atoms with Gasteiger partial charge in [0.05, 0.1) is 18.7 Å². The number of aromatic hydroxyl groups is 1. The zero-order chi connectivity index (χ0) is 11.4. The monoisotopic (exact) mass is 235 g/mol. The molecule has 3 N–H and O–H groups in total. The van der Waals surface area contributed by atoms with Gasteiger partial charge in [0.15, 0.2) is 11.5 Å². The highest BCUT2D eigenvalue weighted by Gasteiger charge is 2.17. The van der Waals surface area contributed by atoms with Crippen LogP contribution in [0.15, 0.2) is 6.07 Å². The second kappa shape index (κ2) is 5.16. The second-order valence-electron chi connectivity index (χ2n) is 2.83.